The van der Waals surface area contributed by atoms with Gasteiger partial charge in [0.1, 0.15) is 5.75 Å². The van der Waals surface area contributed by atoms with Crippen molar-refractivity contribution in [3.63, 3.8) is 0 Å². The number of benzene rings is 2. The van der Waals surface area contributed by atoms with E-state index in [-0.39, 0.29) is 11.7 Å². The number of para-hydroxylation sites is 1. The summed E-state index contributed by atoms with van der Waals surface area (Å²) in [5, 5.41) is 15.8. The lowest BCUT2D eigenvalue weighted by molar-refractivity contribution is -0.113. The Morgan fingerprint density at radius 2 is 1.90 bits per heavy atom. The highest BCUT2D eigenvalue weighted by atomic mass is 32.2. The third kappa shape index (κ3) is 5.79. The van der Waals surface area contributed by atoms with Gasteiger partial charge >= 0.3 is 0 Å². The van der Waals surface area contributed by atoms with E-state index in [2.05, 4.69) is 27.8 Å². The summed E-state index contributed by atoms with van der Waals surface area (Å²) in [7, 11) is 1.65. The SMILES string of the molecule is CCc1cccc(C)c1NC(=O)CSc1nnc(CNc2ccc(OC)cc2)n1CC. The Hall–Kier alpha value is -3.00. The summed E-state index contributed by atoms with van der Waals surface area (Å²) in [6.45, 7) is 7.42. The number of hydrogen-bond donors (Lipinski definition) is 2. The molecule has 3 aromatic rings. The van der Waals surface area contributed by atoms with Crippen LogP contribution < -0.4 is 15.4 Å². The van der Waals surface area contributed by atoms with Gasteiger partial charge in [-0.1, -0.05) is 36.9 Å². The number of amides is 1. The van der Waals surface area contributed by atoms with Crippen LogP contribution in [0.4, 0.5) is 11.4 Å². The maximum Gasteiger partial charge on any atom is 0.234 e. The molecule has 0 saturated heterocycles. The molecule has 0 saturated carbocycles. The van der Waals surface area contributed by atoms with Gasteiger partial charge in [0.05, 0.1) is 19.4 Å². The Morgan fingerprint density at radius 3 is 2.58 bits per heavy atom. The summed E-state index contributed by atoms with van der Waals surface area (Å²) in [6.07, 6.45) is 0.874. The molecule has 7 nitrogen and oxygen atoms in total. The number of nitrogens with one attached hydrogen (secondary N) is 2. The highest BCUT2D eigenvalue weighted by Gasteiger charge is 2.14. The zero-order valence-electron chi connectivity index (χ0n) is 18.4. The van der Waals surface area contributed by atoms with E-state index in [4.69, 9.17) is 4.74 Å². The molecule has 0 unspecified atom stereocenters. The minimum Gasteiger partial charge on any atom is -0.497 e. The van der Waals surface area contributed by atoms with Crippen molar-refractivity contribution in [3.05, 3.63) is 59.4 Å². The molecule has 0 atom stereocenters. The van der Waals surface area contributed by atoms with Gasteiger partial charge in [0.25, 0.3) is 0 Å². The van der Waals surface area contributed by atoms with Gasteiger partial charge in [0, 0.05) is 17.9 Å². The molecule has 2 aromatic carbocycles. The maximum atomic E-state index is 12.6. The van der Waals surface area contributed by atoms with Gasteiger partial charge in [0.2, 0.25) is 5.91 Å². The van der Waals surface area contributed by atoms with E-state index >= 15 is 0 Å². The second-order valence-corrected chi connectivity index (χ2v) is 7.97. The van der Waals surface area contributed by atoms with Crippen molar-refractivity contribution >= 4 is 29.0 Å². The van der Waals surface area contributed by atoms with Crippen molar-refractivity contribution in [3.8, 4) is 5.75 Å². The van der Waals surface area contributed by atoms with E-state index < -0.39 is 0 Å². The highest BCUT2D eigenvalue weighted by molar-refractivity contribution is 7.99. The van der Waals surface area contributed by atoms with Gasteiger partial charge in [-0.2, -0.15) is 0 Å². The fourth-order valence-corrected chi connectivity index (χ4v) is 4.09. The van der Waals surface area contributed by atoms with Crippen LogP contribution in [-0.2, 0) is 24.3 Å². The second kappa shape index (κ2) is 10.9. The maximum absolute atomic E-state index is 12.6. The largest absolute Gasteiger partial charge is 0.497 e. The summed E-state index contributed by atoms with van der Waals surface area (Å²) in [4.78, 5) is 12.6. The number of ether oxygens (including phenoxy) is 1. The van der Waals surface area contributed by atoms with Crippen LogP contribution in [0, 0.1) is 6.92 Å². The number of aryl methyl sites for hydroxylation is 2. The van der Waals surface area contributed by atoms with Gasteiger partial charge in [0.15, 0.2) is 11.0 Å². The normalized spacial score (nSPS) is 10.7. The molecule has 0 bridgehead atoms. The number of thioether (sulfide) groups is 1. The van der Waals surface area contributed by atoms with E-state index in [0.717, 1.165) is 52.2 Å². The van der Waals surface area contributed by atoms with Crippen LogP contribution in [-0.4, -0.2) is 33.5 Å². The summed E-state index contributed by atoms with van der Waals surface area (Å²) in [5.41, 5.74) is 4.10. The average Bonchev–Trinajstić information content (AvgIpc) is 3.19. The molecule has 3 rings (SSSR count). The number of methoxy groups -OCH3 is 1. The zero-order valence-corrected chi connectivity index (χ0v) is 19.3. The standard InChI is InChI=1S/C23H29N5O2S/c1-5-17-9-7-8-16(3)22(17)25-21(29)15-31-23-27-26-20(28(23)6-2)14-24-18-10-12-19(30-4)13-11-18/h7-13,24H,5-6,14-15H2,1-4H3,(H,25,29). The van der Waals surface area contributed by atoms with Gasteiger partial charge in [-0.3, -0.25) is 4.79 Å². The van der Waals surface area contributed by atoms with E-state index in [1.165, 1.54) is 11.8 Å². The Morgan fingerprint density at radius 1 is 1.13 bits per heavy atom. The molecule has 8 heteroatoms. The third-order valence-electron chi connectivity index (χ3n) is 4.99. The predicted octanol–water partition coefficient (Wildman–Crippen LogP) is 4.52. The molecule has 0 radical (unpaired) electrons. The third-order valence-corrected chi connectivity index (χ3v) is 5.95. The summed E-state index contributed by atoms with van der Waals surface area (Å²) < 4.78 is 7.21. The number of carbonyl (C=O) groups is 1. The second-order valence-electron chi connectivity index (χ2n) is 7.02. The van der Waals surface area contributed by atoms with Crippen LogP contribution >= 0.6 is 11.8 Å². The fraction of sp³-hybridized carbons (Fsp3) is 0.348. The Kier molecular flexibility index (Phi) is 7.94. The number of carbonyl (C=O) groups excluding carboxylic acids is 1. The van der Waals surface area contributed by atoms with E-state index in [9.17, 15) is 4.79 Å². The first-order valence-corrected chi connectivity index (χ1v) is 11.3. The lowest BCUT2D eigenvalue weighted by atomic mass is 10.1. The topological polar surface area (TPSA) is 81.1 Å². The zero-order chi connectivity index (χ0) is 22.2. The van der Waals surface area contributed by atoms with Gasteiger partial charge in [-0.15, -0.1) is 10.2 Å². The van der Waals surface area contributed by atoms with Crippen LogP contribution in [0.3, 0.4) is 0 Å². The van der Waals surface area contributed by atoms with E-state index in [1.807, 2.05) is 60.9 Å². The molecule has 1 amide bonds. The van der Waals surface area contributed by atoms with Crippen LogP contribution in [0.2, 0.25) is 0 Å². The molecule has 1 aromatic heterocycles. The van der Waals surface area contributed by atoms with Crippen molar-refractivity contribution in [1.29, 1.82) is 0 Å². The monoisotopic (exact) mass is 439 g/mol. The van der Waals surface area contributed by atoms with Crippen molar-refractivity contribution in [2.75, 3.05) is 23.5 Å². The molecule has 0 fully saturated rings. The Bertz CT molecular complexity index is 1020. The van der Waals surface area contributed by atoms with Crippen LogP contribution in [0.25, 0.3) is 0 Å². The van der Waals surface area contributed by atoms with Crippen molar-refractivity contribution < 1.29 is 9.53 Å². The molecule has 0 spiro atoms. The smallest absolute Gasteiger partial charge is 0.234 e. The van der Waals surface area contributed by atoms with Gasteiger partial charge in [-0.25, -0.2) is 0 Å². The molecule has 0 aliphatic heterocycles. The lowest BCUT2D eigenvalue weighted by Gasteiger charge is -2.13. The van der Waals surface area contributed by atoms with Crippen LogP contribution in [0.1, 0.15) is 30.8 Å². The summed E-state index contributed by atoms with van der Waals surface area (Å²) in [6, 6.07) is 13.8. The van der Waals surface area contributed by atoms with Crippen molar-refractivity contribution in [2.24, 2.45) is 0 Å². The molecular weight excluding hydrogens is 410 g/mol. The fourth-order valence-electron chi connectivity index (χ4n) is 3.27. The van der Waals surface area contributed by atoms with Crippen molar-refractivity contribution in [1.82, 2.24) is 14.8 Å². The summed E-state index contributed by atoms with van der Waals surface area (Å²) >= 11 is 1.40. The molecule has 31 heavy (non-hydrogen) atoms. The number of aromatic nitrogens is 3. The van der Waals surface area contributed by atoms with Gasteiger partial charge < -0.3 is 19.9 Å². The quantitative estimate of drug-likeness (QED) is 0.452. The first kappa shape index (κ1) is 22.7. The van der Waals surface area contributed by atoms with E-state index in [1.54, 1.807) is 7.11 Å². The Labute approximate surface area is 187 Å². The number of rotatable bonds is 10. The number of anilines is 2. The van der Waals surface area contributed by atoms with Gasteiger partial charge in [-0.05, 0) is 55.7 Å². The predicted molar refractivity (Wildman–Crippen MR) is 126 cm³/mol. The molecule has 2 N–H and O–H groups in total. The lowest BCUT2D eigenvalue weighted by Crippen LogP contribution is -2.17. The summed E-state index contributed by atoms with van der Waals surface area (Å²) in [5.74, 6) is 1.88. The Balaban J connectivity index is 1.59. The number of hydrogen-bond acceptors (Lipinski definition) is 6. The van der Waals surface area contributed by atoms with E-state index in [0.29, 0.717) is 6.54 Å². The molecule has 0 aliphatic rings. The van der Waals surface area contributed by atoms with Crippen molar-refractivity contribution in [2.45, 2.75) is 45.4 Å². The molecular formula is C23H29N5O2S. The molecule has 1 heterocycles. The average molecular weight is 440 g/mol. The number of nitrogens with zero attached hydrogens (tertiary/aromatic N) is 3. The minimum absolute atomic E-state index is 0.0439. The minimum atomic E-state index is -0.0439. The molecule has 164 valence electrons. The van der Waals surface area contributed by atoms with Crippen LogP contribution in [0.15, 0.2) is 47.6 Å². The highest BCUT2D eigenvalue weighted by Crippen LogP contribution is 2.23. The first-order valence-electron chi connectivity index (χ1n) is 10.4. The van der Waals surface area contributed by atoms with Crippen LogP contribution in [0.5, 0.6) is 5.75 Å². The molecule has 0 aliphatic carbocycles. The first-order chi connectivity index (χ1) is 15.0.